The fourth-order valence-corrected chi connectivity index (χ4v) is 7.45. The Labute approximate surface area is 251 Å². The molecule has 0 unspecified atom stereocenters. The van der Waals surface area contributed by atoms with Crippen LogP contribution in [0, 0.1) is 0 Å². The van der Waals surface area contributed by atoms with E-state index in [0.29, 0.717) is 5.92 Å². The van der Waals surface area contributed by atoms with Gasteiger partial charge in [0.25, 0.3) is 0 Å². The first-order valence-corrected chi connectivity index (χ1v) is 15.9. The molecule has 2 N–H and O–H groups in total. The lowest BCUT2D eigenvalue weighted by atomic mass is 9.84. The van der Waals surface area contributed by atoms with Gasteiger partial charge in [0.2, 0.25) is 0 Å². The molecule has 0 spiro atoms. The van der Waals surface area contributed by atoms with Gasteiger partial charge in [0.1, 0.15) is 4.83 Å². The molecular weight excluding hydrogens is 531 g/mol. The van der Waals surface area contributed by atoms with E-state index in [4.69, 9.17) is 5.73 Å². The molecular formula is C38H35N3S. The lowest BCUT2D eigenvalue weighted by Crippen LogP contribution is -2.05. The van der Waals surface area contributed by atoms with Crippen molar-refractivity contribution in [2.75, 3.05) is 6.67 Å². The Bertz CT molecular complexity index is 1870. The number of aromatic nitrogens is 1. The van der Waals surface area contributed by atoms with E-state index in [1.54, 1.807) is 0 Å². The predicted octanol–water partition coefficient (Wildman–Crippen LogP) is 9.73. The summed E-state index contributed by atoms with van der Waals surface area (Å²) in [6.45, 7) is 0.238. The van der Waals surface area contributed by atoms with Crippen molar-refractivity contribution in [2.45, 2.75) is 38.0 Å². The Morgan fingerprint density at radius 2 is 1.45 bits per heavy atom. The lowest BCUT2D eigenvalue weighted by molar-refractivity contribution is 0.444. The van der Waals surface area contributed by atoms with Gasteiger partial charge in [-0.15, -0.1) is 11.3 Å². The normalized spacial score (nSPS) is 15.1. The van der Waals surface area contributed by atoms with Crippen LogP contribution in [-0.4, -0.2) is 16.9 Å². The molecule has 1 saturated carbocycles. The van der Waals surface area contributed by atoms with Crippen LogP contribution in [0.3, 0.4) is 0 Å². The van der Waals surface area contributed by atoms with Gasteiger partial charge in [-0.2, -0.15) is 0 Å². The molecule has 0 bridgehead atoms. The van der Waals surface area contributed by atoms with Crippen molar-refractivity contribution >= 4 is 43.7 Å². The smallest absolute Gasteiger partial charge is 0.108 e. The molecule has 208 valence electrons. The summed E-state index contributed by atoms with van der Waals surface area (Å²) in [5.41, 5.74) is 15.2. The van der Waals surface area contributed by atoms with Crippen LogP contribution in [0.15, 0.2) is 126 Å². The number of thiophene rings is 1. The van der Waals surface area contributed by atoms with Crippen molar-refractivity contribution in [2.24, 2.45) is 10.7 Å². The van der Waals surface area contributed by atoms with E-state index in [1.165, 1.54) is 64.5 Å². The van der Waals surface area contributed by atoms with Crippen LogP contribution in [0.4, 0.5) is 0 Å². The number of nitrogens with two attached hydrogens (primary N) is 1. The highest BCUT2D eigenvalue weighted by molar-refractivity contribution is 7.17. The van der Waals surface area contributed by atoms with Crippen molar-refractivity contribution in [3.8, 4) is 5.69 Å². The largest absolute Gasteiger partial charge is 0.312 e. The molecule has 0 radical (unpaired) electrons. The Balaban J connectivity index is 1.31. The number of hydrogen-bond donors (Lipinski definition) is 1. The van der Waals surface area contributed by atoms with Crippen molar-refractivity contribution in [3.63, 3.8) is 0 Å². The number of fused-ring (bicyclic) bond motifs is 3. The summed E-state index contributed by atoms with van der Waals surface area (Å²) in [6, 6.07) is 39.3. The number of rotatable bonds is 7. The van der Waals surface area contributed by atoms with Crippen LogP contribution < -0.4 is 5.73 Å². The van der Waals surface area contributed by atoms with Crippen molar-refractivity contribution in [3.05, 3.63) is 143 Å². The number of hydrogen-bond acceptors (Lipinski definition) is 3. The third-order valence-electron chi connectivity index (χ3n) is 8.61. The van der Waals surface area contributed by atoms with E-state index in [1.807, 2.05) is 29.5 Å². The molecule has 0 atom stereocenters. The highest BCUT2D eigenvalue weighted by Gasteiger charge is 2.19. The van der Waals surface area contributed by atoms with Gasteiger partial charge >= 0.3 is 0 Å². The predicted molar refractivity (Wildman–Crippen MR) is 180 cm³/mol. The topological polar surface area (TPSA) is 43.3 Å². The zero-order valence-electron chi connectivity index (χ0n) is 23.7. The fourth-order valence-electron chi connectivity index (χ4n) is 6.50. The fraction of sp³-hybridized carbons (Fsp3) is 0.184. The molecule has 1 fully saturated rings. The minimum absolute atomic E-state index is 0.238. The number of benzene rings is 4. The Morgan fingerprint density at radius 1 is 0.762 bits per heavy atom. The average molecular weight is 566 g/mol. The maximum absolute atomic E-state index is 5.91. The Hall–Kier alpha value is -4.25. The van der Waals surface area contributed by atoms with E-state index >= 15 is 0 Å². The van der Waals surface area contributed by atoms with Gasteiger partial charge in [-0.05, 0) is 88.4 Å². The van der Waals surface area contributed by atoms with Crippen molar-refractivity contribution < 1.29 is 0 Å². The van der Waals surface area contributed by atoms with Crippen LogP contribution in [0.25, 0.3) is 32.4 Å². The number of aliphatic imine (C=N–C) groups is 1. The summed E-state index contributed by atoms with van der Waals surface area (Å²) in [4.78, 5) is 5.97. The maximum Gasteiger partial charge on any atom is 0.108 e. The van der Waals surface area contributed by atoms with Crippen LogP contribution in [0.1, 0.15) is 60.3 Å². The van der Waals surface area contributed by atoms with Gasteiger partial charge in [-0.25, -0.2) is 0 Å². The minimum atomic E-state index is 0.238. The molecule has 0 aliphatic heterocycles. The monoisotopic (exact) mass is 565 g/mol. The van der Waals surface area contributed by atoms with Gasteiger partial charge in [-0.1, -0.05) is 98.1 Å². The molecule has 2 heterocycles. The first-order valence-electron chi connectivity index (χ1n) is 15.0. The van der Waals surface area contributed by atoms with E-state index < -0.39 is 0 Å². The summed E-state index contributed by atoms with van der Waals surface area (Å²) >= 11 is 1.82. The molecule has 2 aromatic heterocycles. The molecule has 4 aromatic carbocycles. The molecule has 3 nitrogen and oxygen atoms in total. The molecule has 7 rings (SSSR count). The minimum Gasteiger partial charge on any atom is -0.312 e. The first-order chi connectivity index (χ1) is 20.8. The van der Waals surface area contributed by atoms with Gasteiger partial charge < -0.3 is 10.3 Å². The van der Waals surface area contributed by atoms with Gasteiger partial charge in [-0.3, -0.25) is 4.99 Å². The van der Waals surface area contributed by atoms with Crippen molar-refractivity contribution in [1.82, 2.24) is 4.57 Å². The second kappa shape index (κ2) is 11.9. The van der Waals surface area contributed by atoms with E-state index in [0.717, 1.165) is 28.0 Å². The molecule has 1 aliphatic carbocycles. The quantitative estimate of drug-likeness (QED) is 0.192. The van der Waals surface area contributed by atoms with Gasteiger partial charge in [0, 0.05) is 16.5 Å². The van der Waals surface area contributed by atoms with Crippen molar-refractivity contribution in [1.29, 1.82) is 0 Å². The average Bonchev–Trinajstić information content (AvgIpc) is 3.65. The summed E-state index contributed by atoms with van der Waals surface area (Å²) in [5, 5.41) is 4.95. The summed E-state index contributed by atoms with van der Waals surface area (Å²) < 4.78 is 2.43. The summed E-state index contributed by atoms with van der Waals surface area (Å²) in [5.74, 6) is 0.700. The Morgan fingerprint density at radius 3 is 2.17 bits per heavy atom. The highest BCUT2D eigenvalue weighted by atomic mass is 32.1. The molecule has 0 saturated heterocycles. The van der Waals surface area contributed by atoms with Gasteiger partial charge in [0.05, 0.1) is 17.9 Å². The van der Waals surface area contributed by atoms with E-state index in [-0.39, 0.29) is 6.67 Å². The summed E-state index contributed by atoms with van der Waals surface area (Å²) in [6.07, 6.45) is 8.90. The van der Waals surface area contributed by atoms with Crippen LogP contribution in [0.2, 0.25) is 0 Å². The number of nitrogens with zero attached hydrogens (tertiary/aromatic N) is 2. The maximum atomic E-state index is 5.91. The second-order valence-electron chi connectivity index (χ2n) is 11.1. The molecule has 0 amide bonds. The third kappa shape index (κ3) is 5.13. The van der Waals surface area contributed by atoms with Crippen LogP contribution in [-0.2, 0) is 0 Å². The molecule has 42 heavy (non-hydrogen) atoms. The van der Waals surface area contributed by atoms with Gasteiger partial charge in [0.15, 0.2) is 0 Å². The third-order valence-corrected chi connectivity index (χ3v) is 9.51. The Kier molecular flexibility index (Phi) is 7.56. The van der Waals surface area contributed by atoms with E-state index in [2.05, 4.69) is 112 Å². The molecule has 1 aliphatic rings. The number of allylic oxidation sites excluding steroid dienone is 1. The lowest BCUT2D eigenvalue weighted by Gasteiger charge is -2.22. The zero-order valence-corrected chi connectivity index (χ0v) is 24.6. The summed E-state index contributed by atoms with van der Waals surface area (Å²) in [7, 11) is 0. The van der Waals surface area contributed by atoms with E-state index in [9.17, 15) is 0 Å². The molecule has 4 heteroatoms. The highest BCUT2D eigenvalue weighted by Crippen LogP contribution is 2.39. The zero-order chi connectivity index (χ0) is 28.3. The standard InChI is InChI=1S/C38H35N3S/c39-26-40-36(30-14-8-3-9-15-30)25-34(28-12-6-2-7-13-28)29-16-19-32(20-17-29)41-37-21-18-31(27-10-4-1-5-11-27)24-35(37)33-22-23-42-38(33)41/h2-3,6-9,12-25,27H,1,4-5,10-11,26,39H2/b34-25-,40-36+. The van der Waals surface area contributed by atoms with Crippen LogP contribution in [0.5, 0.6) is 0 Å². The first kappa shape index (κ1) is 26.6. The SMILES string of the molecule is NC/N=C(\C=C(\c1ccccc1)c1ccc(-n2c3ccc(C4CCCCC4)cc3c3ccsc32)cc1)c1ccccc1. The second-order valence-corrected chi connectivity index (χ2v) is 12.0. The molecule has 6 aromatic rings. The van der Waals surface area contributed by atoms with Crippen LogP contribution >= 0.6 is 11.3 Å².